The minimum absolute atomic E-state index is 0.0203. The number of benzene rings is 1. The zero-order chi connectivity index (χ0) is 16.4. The zero-order valence-electron chi connectivity index (χ0n) is 12.7. The van der Waals surface area contributed by atoms with E-state index in [0.717, 1.165) is 6.42 Å². The van der Waals surface area contributed by atoms with Crippen LogP contribution in [0.3, 0.4) is 0 Å². The van der Waals surface area contributed by atoms with Gasteiger partial charge in [0.15, 0.2) is 6.61 Å². The number of carbonyl (C=O) groups is 3. The molecular weight excluding hydrogens is 288 g/mol. The molecule has 0 unspecified atom stereocenters. The Bertz CT molecular complexity index is 530. The maximum absolute atomic E-state index is 11.6. The van der Waals surface area contributed by atoms with Crippen LogP contribution in [0.25, 0.3) is 0 Å². The molecule has 0 saturated heterocycles. The molecule has 3 amide bonds. The zero-order valence-corrected chi connectivity index (χ0v) is 12.7. The minimum Gasteiger partial charge on any atom is -0.497 e. The summed E-state index contributed by atoms with van der Waals surface area (Å²) in [7, 11) is 1.53. The average molecular weight is 308 g/mol. The molecule has 1 rings (SSSR count). The first-order valence-electron chi connectivity index (χ1n) is 6.91. The first kappa shape index (κ1) is 17.5. The maximum atomic E-state index is 11.6. The summed E-state index contributed by atoms with van der Waals surface area (Å²) in [6.45, 7) is 1.86. The van der Waals surface area contributed by atoms with Crippen molar-refractivity contribution < 1.29 is 23.9 Å². The van der Waals surface area contributed by atoms with E-state index in [2.05, 4.69) is 10.6 Å². The first-order chi connectivity index (χ1) is 10.5. The highest BCUT2D eigenvalue weighted by Crippen LogP contribution is 2.13. The molecule has 0 aliphatic rings. The van der Waals surface area contributed by atoms with Crippen molar-refractivity contribution >= 4 is 17.9 Å². The maximum Gasteiger partial charge on any atom is 0.321 e. The van der Waals surface area contributed by atoms with E-state index in [4.69, 9.17) is 9.47 Å². The summed E-state index contributed by atoms with van der Waals surface area (Å²) in [6, 6.07) is 6.38. The van der Waals surface area contributed by atoms with Gasteiger partial charge in [-0.3, -0.25) is 14.9 Å². The molecule has 0 bridgehead atoms. The second kappa shape index (κ2) is 9.38. The van der Waals surface area contributed by atoms with Crippen molar-refractivity contribution in [1.82, 2.24) is 10.6 Å². The largest absolute Gasteiger partial charge is 0.497 e. The molecular formula is C15H20N2O5. The van der Waals surface area contributed by atoms with Crippen molar-refractivity contribution in [3.63, 3.8) is 0 Å². The van der Waals surface area contributed by atoms with Gasteiger partial charge < -0.3 is 14.8 Å². The Hall–Kier alpha value is -2.57. The van der Waals surface area contributed by atoms with Crippen LogP contribution in [-0.4, -0.2) is 38.2 Å². The lowest BCUT2D eigenvalue weighted by Crippen LogP contribution is -2.41. The van der Waals surface area contributed by atoms with Gasteiger partial charge in [-0.25, -0.2) is 4.79 Å². The van der Waals surface area contributed by atoms with E-state index >= 15 is 0 Å². The lowest BCUT2D eigenvalue weighted by Gasteiger charge is -2.07. The molecule has 0 aliphatic carbocycles. The van der Waals surface area contributed by atoms with Gasteiger partial charge in [-0.1, -0.05) is 19.1 Å². The lowest BCUT2D eigenvalue weighted by atomic mass is 10.1. The van der Waals surface area contributed by atoms with Crippen molar-refractivity contribution in [1.29, 1.82) is 0 Å². The number of rotatable bonds is 7. The monoisotopic (exact) mass is 308 g/mol. The summed E-state index contributed by atoms with van der Waals surface area (Å²) in [5.74, 6) is -0.597. The smallest absolute Gasteiger partial charge is 0.321 e. The third-order valence-electron chi connectivity index (χ3n) is 2.64. The van der Waals surface area contributed by atoms with Crippen molar-refractivity contribution in [2.45, 2.75) is 19.8 Å². The topological polar surface area (TPSA) is 93.7 Å². The molecule has 0 aromatic heterocycles. The molecule has 7 nitrogen and oxygen atoms in total. The Labute approximate surface area is 129 Å². The fraction of sp³-hybridized carbons (Fsp3) is 0.400. The van der Waals surface area contributed by atoms with Crippen LogP contribution in [0.15, 0.2) is 24.3 Å². The number of hydrogen-bond donors (Lipinski definition) is 2. The summed E-state index contributed by atoms with van der Waals surface area (Å²) < 4.78 is 9.86. The van der Waals surface area contributed by atoms with Crippen LogP contribution in [0.4, 0.5) is 4.79 Å². The molecule has 0 aliphatic heterocycles. The van der Waals surface area contributed by atoms with Gasteiger partial charge in [0.25, 0.3) is 5.91 Å². The number of esters is 1. The summed E-state index contributed by atoms with van der Waals surface area (Å²) >= 11 is 0. The number of nitrogens with one attached hydrogen (secondary N) is 2. The molecule has 22 heavy (non-hydrogen) atoms. The van der Waals surface area contributed by atoms with Gasteiger partial charge in [-0.2, -0.15) is 0 Å². The predicted octanol–water partition coefficient (Wildman–Crippen LogP) is 1.02. The molecule has 1 aromatic rings. The van der Waals surface area contributed by atoms with Crippen molar-refractivity contribution in [2.24, 2.45) is 0 Å². The molecule has 0 spiro atoms. The van der Waals surface area contributed by atoms with Gasteiger partial charge in [0.2, 0.25) is 0 Å². The number of hydrogen-bond acceptors (Lipinski definition) is 5. The first-order valence-corrected chi connectivity index (χ1v) is 6.91. The van der Waals surface area contributed by atoms with E-state index in [1.54, 1.807) is 24.3 Å². The third-order valence-corrected chi connectivity index (χ3v) is 2.64. The van der Waals surface area contributed by atoms with Gasteiger partial charge in [-0.15, -0.1) is 0 Å². The van der Waals surface area contributed by atoms with Crippen molar-refractivity contribution in [3.05, 3.63) is 29.8 Å². The standard InChI is InChI=1S/C15H20N2O5/c1-3-7-16-15(20)17-13(18)10-22-14(19)9-11-5-4-6-12(8-11)21-2/h4-6,8H,3,7,9-10H2,1-2H3,(H2,16,17,18,20). The summed E-state index contributed by atoms with van der Waals surface area (Å²) in [5.41, 5.74) is 0.713. The molecule has 0 heterocycles. The number of ether oxygens (including phenoxy) is 2. The molecule has 0 radical (unpaired) electrons. The predicted molar refractivity (Wildman–Crippen MR) is 79.5 cm³/mol. The van der Waals surface area contributed by atoms with E-state index in [9.17, 15) is 14.4 Å². The molecule has 2 N–H and O–H groups in total. The molecule has 7 heteroatoms. The fourth-order valence-electron chi connectivity index (χ4n) is 1.59. The van der Waals surface area contributed by atoms with Crippen molar-refractivity contribution in [3.8, 4) is 5.75 Å². The van der Waals surface area contributed by atoms with Gasteiger partial charge in [-0.05, 0) is 24.1 Å². The molecule has 120 valence electrons. The SMILES string of the molecule is CCCNC(=O)NC(=O)COC(=O)Cc1cccc(OC)c1. The number of imide groups is 1. The van der Waals surface area contributed by atoms with E-state index in [1.165, 1.54) is 7.11 Å². The average Bonchev–Trinajstić information content (AvgIpc) is 2.51. The summed E-state index contributed by atoms with van der Waals surface area (Å²) in [4.78, 5) is 34.3. The minimum atomic E-state index is -0.674. The second-order valence-electron chi connectivity index (χ2n) is 4.49. The number of amides is 3. The Kier molecular flexibility index (Phi) is 7.45. The van der Waals surface area contributed by atoms with Gasteiger partial charge >= 0.3 is 12.0 Å². The van der Waals surface area contributed by atoms with Crippen LogP contribution in [0.2, 0.25) is 0 Å². The van der Waals surface area contributed by atoms with Crippen LogP contribution >= 0.6 is 0 Å². The lowest BCUT2D eigenvalue weighted by molar-refractivity contribution is -0.147. The van der Waals surface area contributed by atoms with E-state index in [1.807, 2.05) is 6.92 Å². The number of methoxy groups -OCH3 is 1. The molecule has 1 aromatic carbocycles. The van der Waals surface area contributed by atoms with Crippen molar-refractivity contribution in [2.75, 3.05) is 20.3 Å². The van der Waals surface area contributed by atoms with Crippen LogP contribution in [-0.2, 0) is 20.7 Å². The second-order valence-corrected chi connectivity index (χ2v) is 4.49. The van der Waals surface area contributed by atoms with E-state index in [-0.39, 0.29) is 6.42 Å². The molecule has 0 fully saturated rings. The third kappa shape index (κ3) is 6.74. The summed E-state index contributed by atoms with van der Waals surface area (Å²) in [5, 5.41) is 4.54. The summed E-state index contributed by atoms with van der Waals surface area (Å²) in [6.07, 6.45) is 0.781. The van der Waals surface area contributed by atoms with Crippen LogP contribution < -0.4 is 15.4 Å². The van der Waals surface area contributed by atoms with Crippen LogP contribution in [0.5, 0.6) is 5.75 Å². The highest BCUT2D eigenvalue weighted by molar-refractivity contribution is 5.95. The normalized spacial score (nSPS) is 9.73. The van der Waals surface area contributed by atoms with E-state index in [0.29, 0.717) is 17.9 Å². The van der Waals surface area contributed by atoms with Gasteiger partial charge in [0, 0.05) is 6.54 Å². The fourth-order valence-corrected chi connectivity index (χ4v) is 1.59. The quantitative estimate of drug-likeness (QED) is 0.733. The highest BCUT2D eigenvalue weighted by Gasteiger charge is 2.11. The Morgan fingerprint density at radius 2 is 2.00 bits per heavy atom. The Morgan fingerprint density at radius 3 is 2.68 bits per heavy atom. The number of urea groups is 1. The highest BCUT2D eigenvalue weighted by atomic mass is 16.5. The van der Waals surface area contributed by atoms with Crippen LogP contribution in [0.1, 0.15) is 18.9 Å². The molecule has 0 atom stereocenters. The van der Waals surface area contributed by atoms with E-state index < -0.39 is 24.5 Å². The Balaban J connectivity index is 2.33. The molecule has 0 saturated carbocycles. The van der Waals surface area contributed by atoms with Gasteiger partial charge in [0.05, 0.1) is 13.5 Å². The van der Waals surface area contributed by atoms with Crippen LogP contribution in [0, 0.1) is 0 Å². The number of carbonyl (C=O) groups excluding carboxylic acids is 3. The van der Waals surface area contributed by atoms with Gasteiger partial charge in [0.1, 0.15) is 5.75 Å². The Morgan fingerprint density at radius 1 is 1.23 bits per heavy atom.